The summed E-state index contributed by atoms with van der Waals surface area (Å²) in [6, 6.07) is 0. The summed E-state index contributed by atoms with van der Waals surface area (Å²) in [5.74, 6) is -9.65. The van der Waals surface area contributed by atoms with Crippen molar-refractivity contribution in [2.45, 2.75) is 26.7 Å². The van der Waals surface area contributed by atoms with Gasteiger partial charge in [0, 0.05) is 5.56 Å². The summed E-state index contributed by atoms with van der Waals surface area (Å²) >= 11 is 0. The van der Waals surface area contributed by atoms with Crippen LogP contribution in [0.4, 0.5) is 22.4 Å². The number of cyclic esters (lactones) is 2. The lowest BCUT2D eigenvalue weighted by atomic mass is 9.84. The summed E-state index contributed by atoms with van der Waals surface area (Å²) in [6.07, 6.45) is -0.418. The maximum Gasteiger partial charge on any atom is 0.508 e. The van der Waals surface area contributed by atoms with E-state index in [1.165, 1.54) is 0 Å². The fourth-order valence-corrected chi connectivity index (χ4v) is 2.33. The smallest absolute Gasteiger partial charge is 0.433 e. The molecule has 0 aromatic heterocycles. The lowest BCUT2D eigenvalue weighted by Crippen LogP contribution is -2.47. The number of halogens is 4. The largest absolute Gasteiger partial charge is 0.508 e. The number of esters is 1. The van der Waals surface area contributed by atoms with Gasteiger partial charge in [-0.3, -0.25) is 4.79 Å². The van der Waals surface area contributed by atoms with Crippen LogP contribution in [0.5, 0.6) is 5.75 Å². The number of carbonyl (C=O) groups is 2. The summed E-state index contributed by atoms with van der Waals surface area (Å²) in [7, 11) is 0. The molecule has 0 aliphatic carbocycles. The van der Waals surface area contributed by atoms with E-state index in [4.69, 9.17) is 0 Å². The van der Waals surface area contributed by atoms with Gasteiger partial charge in [-0.25, -0.2) is 18.0 Å². The molecule has 1 heterocycles. The molecule has 9 heteroatoms. The van der Waals surface area contributed by atoms with Gasteiger partial charge in [-0.15, -0.1) is 0 Å². The number of carbonyl (C=O) groups excluding carboxylic acids is 2. The Balaban J connectivity index is 2.36. The highest BCUT2D eigenvalue weighted by Crippen LogP contribution is 2.34. The van der Waals surface area contributed by atoms with Gasteiger partial charge in [-0.1, -0.05) is 13.3 Å². The zero-order valence-corrected chi connectivity index (χ0v) is 12.9. The SMILES string of the molecule is CCCC1(C(=O)Oc2c(F)c(C)c(F)c(F)c2F)COC(=O)OC1. The van der Waals surface area contributed by atoms with Crippen LogP contribution in [-0.4, -0.2) is 25.3 Å². The van der Waals surface area contributed by atoms with Gasteiger partial charge >= 0.3 is 12.1 Å². The molecule has 0 spiro atoms. The molecule has 5 nitrogen and oxygen atoms in total. The average Bonchev–Trinajstić information content (AvgIpc) is 2.57. The topological polar surface area (TPSA) is 61.8 Å². The molecule has 2 rings (SSSR count). The van der Waals surface area contributed by atoms with Gasteiger partial charge in [-0.05, 0) is 13.3 Å². The van der Waals surface area contributed by atoms with E-state index in [2.05, 4.69) is 14.2 Å². The van der Waals surface area contributed by atoms with Crippen molar-refractivity contribution in [3.63, 3.8) is 0 Å². The van der Waals surface area contributed by atoms with Gasteiger partial charge in [0.1, 0.15) is 18.6 Å². The van der Waals surface area contributed by atoms with Crippen molar-refractivity contribution in [1.29, 1.82) is 0 Å². The standard InChI is InChI=1S/C15H14F4O5/c1-3-4-15(5-22-14(21)23-6-15)13(20)24-12-9(17)7(2)8(16)10(18)11(12)19/h3-6H2,1-2H3. The van der Waals surface area contributed by atoms with E-state index >= 15 is 0 Å². The zero-order valence-electron chi connectivity index (χ0n) is 12.9. The van der Waals surface area contributed by atoms with Crippen molar-refractivity contribution in [2.75, 3.05) is 13.2 Å². The van der Waals surface area contributed by atoms with Crippen molar-refractivity contribution in [1.82, 2.24) is 0 Å². The van der Waals surface area contributed by atoms with Crippen LogP contribution in [0.1, 0.15) is 25.3 Å². The first-order chi connectivity index (χ1) is 11.2. The number of rotatable bonds is 4. The molecule has 132 valence electrons. The van der Waals surface area contributed by atoms with Gasteiger partial charge in [0.05, 0.1) is 0 Å². The fourth-order valence-electron chi connectivity index (χ4n) is 2.33. The second-order valence-corrected chi connectivity index (χ2v) is 5.46. The van der Waals surface area contributed by atoms with Gasteiger partial charge in [0.2, 0.25) is 11.6 Å². The minimum atomic E-state index is -1.95. The Kier molecular flexibility index (Phi) is 5.00. The number of hydrogen-bond acceptors (Lipinski definition) is 5. The van der Waals surface area contributed by atoms with E-state index < -0.39 is 65.3 Å². The van der Waals surface area contributed by atoms with Gasteiger partial charge in [0.15, 0.2) is 17.5 Å². The van der Waals surface area contributed by atoms with Crippen molar-refractivity contribution in [3.8, 4) is 5.75 Å². The molecule has 0 bridgehead atoms. The first-order valence-corrected chi connectivity index (χ1v) is 7.08. The maximum absolute atomic E-state index is 14.0. The summed E-state index contributed by atoms with van der Waals surface area (Å²) in [5.41, 5.74) is -2.31. The third kappa shape index (κ3) is 3.02. The minimum absolute atomic E-state index is 0.130. The first kappa shape index (κ1) is 18.0. The molecular formula is C15H14F4O5. The first-order valence-electron chi connectivity index (χ1n) is 7.08. The molecule has 0 unspecified atom stereocenters. The highest BCUT2D eigenvalue weighted by molar-refractivity contribution is 5.81. The Morgan fingerprint density at radius 1 is 1.08 bits per heavy atom. The molecule has 1 aliphatic rings. The van der Waals surface area contributed by atoms with E-state index in [0.29, 0.717) is 6.42 Å². The van der Waals surface area contributed by atoms with Crippen molar-refractivity contribution in [2.24, 2.45) is 5.41 Å². The summed E-state index contributed by atoms with van der Waals surface area (Å²) in [6.45, 7) is 1.76. The molecule has 0 N–H and O–H groups in total. The van der Waals surface area contributed by atoms with Crippen LogP contribution in [0.25, 0.3) is 0 Å². The maximum atomic E-state index is 14.0. The molecule has 1 saturated heterocycles. The van der Waals surface area contributed by atoms with Crippen LogP contribution in [0.3, 0.4) is 0 Å². The normalized spacial score (nSPS) is 16.3. The molecule has 0 saturated carbocycles. The van der Waals surface area contributed by atoms with E-state index in [1.54, 1.807) is 6.92 Å². The third-order valence-corrected chi connectivity index (χ3v) is 3.73. The second kappa shape index (κ2) is 6.66. The van der Waals surface area contributed by atoms with Crippen LogP contribution >= 0.6 is 0 Å². The fraction of sp³-hybridized carbons (Fsp3) is 0.467. The number of ether oxygens (including phenoxy) is 3. The molecule has 24 heavy (non-hydrogen) atoms. The lowest BCUT2D eigenvalue weighted by molar-refractivity contribution is -0.159. The van der Waals surface area contributed by atoms with Gasteiger partial charge < -0.3 is 14.2 Å². The Bertz CT molecular complexity index is 650. The third-order valence-electron chi connectivity index (χ3n) is 3.73. The Morgan fingerprint density at radius 3 is 2.21 bits per heavy atom. The molecule has 0 radical (unpaired) electrons. The monoisotopic (exact) mass is 350 g/mol. The molecule has 0 atom stereocenters. The Hall–Kier alpha value is -2.32. The zero-order chi connectivity index (χ0) is 18.1. The number of hydrogen-bond donors (Lipinski definition) is 0. The summed E-state index contributed by atoms with van der Waals surface area (Å²) in [5, 5.41) is 0. The number of benzene rings is 1. The van der Waals surface area contributed by atoms with Crippen LogP contribution in [0.2, 0.25) is 0 Å². The van der Waals surface area contributed by atoms with Crippen molar-refractivity contribution < 1.29 is 41.4 Å². The molecule has 1 aromatic carbocycles. The van der Waals surface area contributed by atoms with E-state index in [9.17, 15) is 27.2 Å². The Labute approximate surface area is 134 Å². The van der Waals surface area contributed by atoms with Crippen LogP contribution in [0.15, 0.2) is 0 Å². The molecule has 1 aromatic rings. The predicted molar refractivity (Wildman–Crippen MR) is 71.3 cm³/mol. The van der Waals surface area contributed by atoms with Crippen LogP contribution in [0, 0.1) is 35.6 Å². The predicted octanol–water partition coefficient (Wildman–Crippen LogP) is 3.41. The quantitative estimate of drug-likeness (QED) is 0.274. The minimum Gasteiger partial charge on any atom is -0.433 e. The van der Waals surface area contributed by atoms with Crippen molar-refractivity contribution in [3.05, 3.63) is 28.8 Å². The summed E-state index contributed by atoms with van der Waals surface area (Å²) in [4.78, 5) is 23.3. The highest BCUT2D eigenvalue weighted by atomic mass is 19.2. The second-order valence-electron chi connectivity index (χ2n) is 5.46. The van der Waals surface area contributed by atoms with E-state index in [-0.39, 0.29) is 6.42 Å². The lowest BCUT2D eigenvalue weighted by Gasteiger charge is -2.33. The van der Waals surface area contributed by atoms with E-state index in [0.717, 1.165) is 6.92 Å². The van der Waals surface area contributed by atoms with Gasteiger partial charge in [0.25, 0.3) is 0 Å². The van der Waals surface area contributed by atoms with E-state index in [1.807, 2.05) is 0 Å². The Morgan fingerprint density at radius 2 is 1.67 bits per heavy atom. The molecule has 1 fully saturated rings. The van der Waals surface area contributed by atoms with Gasteiger partial charge in [-0.2, -0.15) is 4.39 Å². The average molecular weight is 350 g/mol. The molecule has 1 aliphatic heterocycles. The highest BCUT2D eigenvalue weighted by Gasteiger charge is 2.46. The summed E-state index contributed by atoms with van der Waals surface area (Å²) < 4.78 is 68.4. The van der Waals surface area contributed by atoms with Crippen molar-refractivity contribution >= 4 is 12.1 Å². The molecular weight excluding hydrogens is 336 g/mol. The van der Waals surface area contributed by atoms with Crippen LogP contribution < -0.4 is 4.74 Å². The molecule has 0 amide bonds. The van der Waals surface area contributed by atoms with Crippen LogP contribution in [-0.2, 0) is 14.3 Å².